The van der Waals surface area contributed by atoms with Crippen LogP contribution in [0.3, 0.4) is 0 Å². The van der Waals surface area contributed by atoms with Gasteiger partial charge in [0.1, 0.15) is 0 Å². The number of quaternary nitrogens is 1. The van der Waals surface area contributed by atoms with E-state index in [0.717, 1.165) is 44.8 Å². The zero-order valence-electron chi connectivity index (χ0n) is 12.1. The maximum absolute atomic E-state index is 12.4. The van der Waals surface area contributed by atoms with E-state index >= 15 is 0 Å². The number of fused-ring (bicyclic) bond motifs is 3. The van der Waals surface area contributed by atoms with Crippen LogP contribution in [-0.2, 0) is 0 Å². The SMILES string of the molecule is CCNC(=O)[B-](C(=O)NCC)[N+]12CCC(CC1)CC2. The van der Waals surface area contributed by atoms with E-state index in [2.05, 4.69) is 10.6 Å². The number of hydrogen-bond acceptors (Lipinski definition) is 2. The quantitative estimate of drug-likeness (QED) is 0.735. The molecule has 1 radical (unpaired) electrons. The lowest BCUT2D eigenvalue weighted by atomic mass is 9.52. The molecular weight excluding hydrogens is 241 g/mol. The number of carbonyl (C=O) groups excluding carboxylic acids is 2. The zero-order valence-corrected chi connectivity index (χ0v) is 12.1. The fourth-order valence-electron chi connectivity index (χ4n) is 3.63. The van der Waals surface area contributed by atoms with Gasteiger partial charge in [-0.05, 0) is 39.0 Å². The first kappa shape index (κ1) is 14.4. The van der Waals surface area contributed by atoms with Crippen molar-refractivity contribution in [3.8, 4) is 0 Å². The predicted molar refractivity (Wildman–Crippen MR) is 76.1 cm³/mol. The van der Waals surface area contributed by atoms with E-state index < -0.39 is 6.85 Å². The Labute approximate surface area is 115 Å². The summed E-state index contributed by atoms with van der Waals surface area (Å²) < 4.78 is 0.675. The lowest BCUT2D eigenvalue weighted by molar-refractivity contribution is -0.842. The van der Waals surface area contributed by atoms with Gasteiger partial charge in [-0.25, -0.2) is 0 Å². The largest absolute Gasteiger partial charge is 0.522 e. The summed E-state index contributed by atoms with van der Waals surface area (Å²) in [7, 11) is 0. The predicted octanol–water partition coefficient (Wildman–Crippen LogP) is 1.23. The summed E-state index contributed by atoms with van der Waals surface area (Å²) in [5.74, 6) is 0.617. The van der Waals surface area contributed by atoms with Crippen molar-refractivity contribution in [2.45, 2.75) is 33.1 Å². The van der Waals surface area contributed by atoms with Crippen LogP contribution in [0.25, 0.3) is 0 Å². The summed E-state index contributed by atoms with van der Waals surface area (Å²) in [6.45, 7) is 7.33. The minimum atomic E-state index is -0.554. The van der Waals surface area contributed by atoms with Gasteiger partial charge in [-0.3, -0.25) is 0 Å². The molecule has 0 aromatic carbocycles. The highest BCUT2D eigenvalue weighted by atomic mass is 16.2. The van der Waals surface area contributed by atoms with Gasteiger partial charge >= 0.3 is 6.85 Å². The first-order valence-corrected chi connectivity index (χ1v) is 7.54. The van der Waals surface area contributed by atoms with E-state index in [-0.39, 0.29) is 11.6 Å². The number of amides is 2. The minimum Gasteiger partial charge on any atom is -0.522 e. The maximum Gasteiger partial charge on any atom is 0.322 e. The average molecular weight is 266 g/mol. The third kappa shape index (κ3) is 2.78. The van der Waals surface area contributed by atoms with Gasteiger partial charge in [-0.2, -0.15) is 0 Å². The molecule has 0 aromatic rings. The summed E-state index contributed by atoms with van der Waals surface area (Å²) in [5.41, 5.74) is 0. The average Bonchev–Trinajstić information content (AvgIpc) is 2.41. The maximum atomic E-state index is 12.4. The smallest absolute Gasteiger partial charge is 0.322 e. The molecule has 0 aromatic heterocycles. The van der Waals surface area contributed by atoms with Crippen LogP contribution in [0.1, 0.15) is 33.1 Å². The van der Waals surface area contributed by atoms with E-state index in [1.807, 2.05) is 13.8 Å². The molecule has 0 saturated carbocycles. The number of rotatable bonds is 5. The molecule has 3 aliphatic heterocycles. The van der Waals surface area contributed by atoms with E-state index in [0.29, 0.717) is 17.5 Å². The summed E-state index contributed by atoms with van der Waals surface area (Å²) in [5, 5.41) is 5.69. The first-order chi connectivity index (χ1) is 9.13. The molecule has 2 bridgehead atoms. The van der Waals surface area contributed by atoms with E-state index in [9.17, 15) is 9.59 Å². The number of carbonyl (C=O) groups is 2. The molecule has 19 heavy (non-hydrogen) atoms. The second kappa shape index (κ2) is 5.95. The first-order valence-electron chi connectivity index (χ1n) is 7.54. The molecule has 3 aliphatic rings. The van der Waals surface area contributed by atoms with Crippen LogP contribution >= 0.6 is 0 Å². The van der Waals surface area contributed by atoms with Gasteiger partial charge in [0.05, 0.1) is 11.6 Å². The van der Waals surface area contributed by atoms with Crippen molar-refractivity contribution >= 4 is 18.5 Å². The molecule has 3 saturated heterocycles. The third-order valence-corrected chi connectivity index (χ3v) is 4.69. The second-order valence-electron chi connectivity index (χ2n) is 5.81. The second-order valence-corrected chi connectivity index (χ2v) is 5.81. The summed E-state index contributed by atoms with van der Waals surface area (Å²) in [6, 6.07) is 0. The van der Waals surface area contributed by atoms with E-state index in [1.54, 1.807) is 0 Å². The van der Waals surface area contributed by atoms with Crippen LogP contribution in [0.4, 0.5) is 9.59 Å². The van der Waals surface area contributed by atoms with Crippen molar-refractivity contribution in [1.29, 1.82) is 0 Å². The Hall–Kier alpha value is -1.04. The van der Waals surface area contributed by atoms with Gasteiger partial charge in [0.25, 0.3) is 0 Å². The highest BCUT2D eigenvalue weighted by molar-refractivity contribution is 7.06. The van der Waals surface area contributed by atoms with Crippen molar-refractivity contribution in [2.24, 2.45) is 5.92 Å². The van der Waals surface area contributed by atoms with Crippen molar-refractivity contribution < 1.29 is 14.0 Å². The molecule has 0 atom stereocenters. The van der Waals surface area contributed by atoms with Crippen LogP contribution in [0.15, 0.2) is 0 Å². The highest BCUT2D eigenvalue weighted by Gasteiger charge is 2.44. The topological polar surface area (TPSA) is 58.2 Å². The van der Waals surface area contributed by atoms with Gasteiger partial charge < -0.3 is 24.6 Å². The number of hydrogen-bond donors (Lipinski definition) is 2. The van der Waals surface area contributed by atoms with Crippen LogP contribution in [0.5, 0.6) is 0 Å². The van der Waals surface area contributed by atoms with Crippen molar-refractivity contribution in [3.05, 3.63) is 0 Å². The highest BCUT2D eigenvalue weighted by Crippen LogP contribution is 2.34. The lowest BCUT2D eigenvalue weighted by Gasteiger charge is -2.60. The molecule has 3 fully saturated rings. The third-order valence-electron chi connectivity index (χ3n) is 4.69. The molecule has 0 unspecified atom stereocenters. The van der Waals surface area contributed by atoms with Crippen molar-refractivity contribution in [2.75, 3.05) is 32.7 Å². The van der Waals surface area contributed by atoms with Crippen LogP contribution in [-0.4, -0.2) is 55.6 Å². The van der Waals surface area contributed by atoms with Crippen molar-refractivity contribution in [1.82, 2.24) is 10.6 Å². The van der Waals surface area contributed by atoms with Crippen molar-refractivity contribution in [3.63, 3.8) is 0 Å². The molecule has 3 rings (SSSR count). The van der Waals surface area contributed by atoms with Crippen LogP contribution < -0.4 is 10.6 Å². The van der Waals surface area contributed by atoms with Gasteiger partial charge in [0, 0.05) is 32.7 Å². The fraction of sp³-hybridized carbons (Fsp3) is 0.846. The summed E-state index contributed by atoms with van der Waals surface area (Å²) in [6.07, 6.45) is 3.49. The monoisotopic (exact) mass is 266 g/mol. The van der Waals surface area contributed by atoms with Crippen LogP contribution in [0, 0.1) is 5.92 Å². The Kier molecular flexibility index (Phi) is 4.50. The molecule has 0 spiro atoms. The molecule has 5 nitrogen and oxygen atoms in total. The van der Waals surface area contributed by atoms with E-state index in [4.69, 9.17) is 0 Å². The van der Waals surface area contributed by atoms with Gasteiger partial charge in [0.15, 0.2) is 0 Å². The Bertz CT molecular complexity index is 322. The number of nitrogens with zero attached hydrogens (tertiary/aromatic N) is 1. The molecular formula is C13H25BN3O2. The Balaban J connectivity index is 2.20. The molecule has 107 valence electrons. The Morgan fingerprint density at radius 1 is 1.00 bits per heavy atom. The molecule has 0 aliphatic carbocycles. The van der Waals surface area contributed by atoms with E-state index in [1.165, 1.54) is 0 Å². The number of piperidine rings is 3. The standard InChI is InChI=1S/C13H24BN3O2/c1-3-15-12(18)14(13(19)16-4-2)17-8-5-11(6-9-17)7-10-17/h11H,3-10H2,1-2H3,(H-,15,16,18,19)/q-1/p+1. The summed E-state index contributed by atoms with van der Waals surface area (Å²) >= 11 is 0. The van der Waals surface area contributed by atoms with Gasteiger partial charge in [-0.1, -0.05) is 0 Å². The minimum absolute atomic E-state index is 0.103. The molecule has 2 amide bonds. The molecule has 2 N–H and O–H groups in total. The normalized spacial score (nSPS) is 29.3. The molecule has 6 heteroatoms. The van der Waals surface area contributed by atoms with Gasteiger partial charge in [-0.15, -0.1) is 0 Å². The Morgan fingerprint density at radius 3 is 1.79 bits per heavy atom. The van der Waals surface area contributed by atoms with Crippen LogP contribution in [0.2, 0.25) is 0 Å². The number of nitrogens with one attached hydrogen (secondary N) is 2. The summed E-state index contributed by atoms with van der Waals surface area (Å²) in [4.78, 5) is 24.7. The molecule has 3 heterocycles. The Morgan fingerprint density at radius 2 is 1.42 bits per heavy atom. The fourth-order valence-corrected chi connectivity index (χ4v) is 3.63. The lowest BCUT2D eigenvalue weighted by Crippen LogP contribution is -2.73. The zero-order chi connectivity index (χ0) is 13.9. The van der Waals surface area contributed by atoms with Gasteiger partial charge in [0.2, 0.25) is 0 Å².